The second-order valence-electron chi connectivity index (χ2n) is 4.93. The van der Waals surface area contributed by atoms with Crippen LogP contribution in [0.3, 0.4) is 0 Å². The first kappa shape index (κ1) is 18.4. The van der Waals surface area contributed by atoms with Crippen molar-refractivity contribution < 1.29 is 4.74 Å². The third-order valence-corrected chi connectivity index (χ3v) is 3.30. The number of nitrogens with zero attached hydrogens (tertiary/aromatic N) is 4. The van der Waals surface area contributed by atoms with Crippen molar-refractivity contribution in [1.29, 1.82) is 10.5 Å². The fourth-order valence-electron chi connectivity index (χ4n) is 2.01. The molecule has 0 aromatic carbocycles. The van der Waals surface area contributed by atoms with Crippen molar-refractivity contribution in [2.24, 2.45) is 0 Å². The van der Waals surface area contributed by atoms with Crippen LogP contribution in [0.25, 0.3) is 0 Å². The van der Waals surface area contributed by atoms with Crippen molar-refractivity contribution in [2.45, 2.75) is 27.7 Å². The summed E-state index contributed by atoms with van der Waals surface area (Å²) in [4.78, 5) is 8.03. The third-order valence-electron chi connectivity index (χ3n) is 3.03. The molecule has 0 fully saturated rings. The van der Waals surface area contributed by atoms with Gasteiger partial charge >= 0.3 is 0 Å². The van der Waals surface area contributed by atoms with Gasteiger partial charge in [0.2, 0.25) is 5.88 Å². The van der Waals surface area contributed by atoms with E-state index < -0.39 is 0 Å². The summed E-state index contributed by atoms with van der Waals surface area (Å²) in [6, 6.07) is 7.75. The smallest absolute Gasteiger partial charge is 0.231 e. The molecule has 5 nitrogen and oxygen atoms in total. The molecule has 0 N–H and O–H groups in total. The van der Waals surface area contributed by atoms with E-state index in [9.17, 15) is 0 Å². The lowest BCUT2D eigenvalue weighted by molar-refractivity contribution is 0.395. The first-order chi connectivity index (χ1) is 10.8. The second-order valence-corrected chi connectivity index (χ2v) is 5.29. The molecule has 2 rings (SSSR count). The molecule has 6 heteroatoms. The van der Waals surface area contributed by atoms with Crippen LogP contribution in [0.2, 0.25) is 5.15 Å². The number of ether oxygens (including phenoxy) is 1. The van der Waals surface area contributed by atoms with E-state index in [0.717, 1.165) is 22.5 Å². The van der Waals surface area contributed by atoms with Crippen LogP contribution in [0.5, 0.6) is 5.88 Å². The summed E-state index contributed by atoms with van der Waals surface area (Å²) in [6.45, 7) is 7.44. The summed E-state index contributed by atoms with van der Waals surface area (Å²) in [5, 5.41) is 17.7. The predicted octanol–water partition coefficient (Wildman–Crippen LogP) is 3.80. The topological polar surface area (TPSA) is 82.6 Å². The van der Waals surface area contributed by atoms with E-state index in [1.165, 1.54) is 7.11 Å². The standard InChI is InChI=1S/C9H10N2O.C8H7ClN2/c1-6-4-7(2)11-9(12-3)8(6)5-10;1-5-3-6(2)11-8(9)7(5)4-10/h4H,1-3H3;3H,1-2H3. The zero-order valence-electron chi connectivity index (χ0n) is 13.7. The molecule has 0 spiro atoms. The molecule has 118 valence electrons. The summed E-state index contributed by atoms with van der Waals surface area (Å²) in [7, 11) is 1.52. The van der Waals surface area contributed by atoms with Crippen LogP contribution in [0, 0.1) is 50.4 Å². The molecule has 0 unspecified atom stereocenters. The van der Waals surface area contributed by atoms with Gasteiger partial charge < -0.3 is 4.74 Å². The van der Waals surface area contributed by atoms with E-state index in [-0.39, 0.29) is 0 Å². The highest BCUT2D eigenvalue weighted by Crippen LogP contribution is 2.19. The molecule has 0 saturated carbocycles. The Labute approximate surface area is 141 Å². The molecule has 0 aliphatic heterocycles. The Morgan fingerprint density at radius 1 is 0.913 bits per heavy atom. The summed E-state index contributed by atoms with van der Waals surface area (Å²) >= 11 is 5.70. The number of halogens is 1. The lowest BCUT2D eigenvalue weighted by Gasteiger charge is -2.04. The van der Waals surface area contributed by atoms with Crippen molar-refractivity contribution in [2.75, 3.05) is 7.11 Å². The maximum Gasteiger partial charge on any atom is 0.231 e. The third kappa shape index (κ3) is 4.67. The first-order valence-corrected chi connectivity index (χ1v) is 7.18. The van der Waals surface area contributed by atoms with Gasteiger partial charge in [0.1, 0.15) is 22.9 Å². The van der Waals surface area contributed by atoms with Gasteiger partial charge in [-0.1, -0.05) is 11.6 Å². The summed E-state index contributed by atoms with van der Waals surface area (Å²) in [5.74, 6) is 0.412. The second kappa shape index (κ2) is 8.12. The zero-order valence-corrected chi connectivity index (χ0v) is 14.5. The summed E-state index contributed by atoms with van der Waals surface area (Å²) in [5.41, 5.74) is 4.47. The van der Waals surface area contributed by atoms with Gasteiger partial charge in [-0.25, -0.2) is 9.97 Å². The molecule has 0 saturated heterocycles. The molecule has 0 radical (unpaired) electrons. The van der Waals surface area contributed by atoms with E-state index in [1.807, 2.05) is 45.9 Å². The van der Waals surface area contributed by atoms with Crippen LogP contribution >= 0.6 is 11.6 Å². The van der Waals surface area contributed by atoms with Crippen LogP contribution in [-0.4, -0.2) is 17.1 Å². The van der Waals surface area contributed by atoms with Gasteiger partial charge in [-0.05, 0) is 51.0 Å². The molecule has 0 amide bonds. The fraction of sp³-hybridized carbons (Fsp3) is 0.294. The van der Waals surface area contributed by atoms with Gasteiger partial charge in [-0.2, -0.15) is 10.5 Å². The van der Waals surface area contributed by atoms with E-state index in [4.69, 9.17) is 26.9 Å². The molecule has 0 bridgehead atoms. The molecule has 2 aromatic heterocycles. The number of methoxy groups -OCH3 is 1. The SMILES string of the molecule is COc1nc(C)cc(C)c1C#N.Cc1cc(C)c(C#N)c(Cl)n1. The number of nitriles is 2. The van der Waals surface area contributed by atoms with E-state index in [1.54, 1.807) is 0 Å². The minimum Gasteiger partial charge on any atom is -0.480 e. The molecular weight excluding hydrogens is 312 g/mol. The van der Waals surface area contributed by atoms with Crippen LogP contribution in [-0.2, 0) is 0 Å². The lowest BCUT2D eigenvalue weighted by atomic mass is 10.1. The number of rotatable bonds is 1. The minimum atomic E-state index is 0.296. The molecular formula is C17H17ClN4O. The van der Waals surface area contributed by atoms with Gasteiger partial charge in [0.05, 0.1) is 12.7 Å². The van der Waals surface area contributed by atoms with Gasteiger partial charge in [0, 0.05) is 11.4 Å². The molecule has 0 aliphatic carbocycles. The van der Waals surface area contributed by atoms with Crippen LogP contribution < -0.4 is 4.74 Å². The van der Waals surface area contributed by atoms with Crippen molar-refractivity contribution >= 4 is 11.6 Å². The van der Waals surface area contributed by atoms with Crippen LogP contribution in [0.15, 0.2) is 12.1 Å². The Morgan fingerprint density at radius 2 is 1.39 bits per heavy atom. The highest BCUT2D eigenvalue weighted by Gasteiger charge is 2.07. The molecule has 0 aliphatic rings. The number of aromatic nitrogens is 2. The highest BCUT2D eigenvalue weighted by molar-refractivity contribution is 6.30. The monoisotopic (exact) mass is 328 g/mol. The number of hydrogen-bond acceptors (Lipinski definition) is 5. The van der Waals surface area contributed by atoms with E-state index >= 15 is 0 Å². The molecule has 2 aromatic rings. The van der Waals surface area contributed by atoms with Gasteiger partial charge in [-0.15, -0.1) is 0 Å². The van der Waals surface area contributed by atoms with Crippen molar-refractivity contribution in [3.05, 3.63) is 50.9 Å². The van der Waals surface area contributed by atoms with Crippen molar-refractivity contribution in [1.82, 2.24) is 9.97 Å². The molecule has 2 heterocycles. The Hall–Kier alpha value is -2.63. The highest BCUT2D eigenvalue weighted by atomic mass is 35.5. The first-order valence-electron chi connectivity index (χ1n) is 6.80. The zero-order chi connectivity index (χ0) is 17.6. The molecule has 0 atom stereocenters. The summed E-state index contributed by atoms with van der Waals surface area (Å²) < 4.78 is 4.96. The lowest BCUT2D eigenvalue weighted by Crippen LogP contribution is -1.96. The van der Waals surface area contributed by atoms with Gasteiger partial charge in [-0.3, -0.25) is 0 Å². The summed E-state index contributed by atoms with van der Waals surface area (Å²) in [6.07, 6.45) is 0. The number of hydrogen-bond donors (Lipinski definition) is 0. The van der Waals surface area contributed by atoms with Crippen LogP contribution in [0.1, 0.15) is 33.6 Å². The largest absolute Gasteiger partial charge is 0.480 e. The Kier molecular flexibility index (Phi) is 6.50. The Morgan fingerprint density at radius 3 is 1.83 bits per heavy atom. The number of aryl methyl sites for hydroxylation is 4. The van der Waals surface area contributed by atoms with Crippen molar-refractivity contribution in [3.8, 4) is 18.0 Å². The minimum absolute atomic E-state index is 0.296. The van der Waals surface area contributed by atoms with Crippen molar-refractivity contribution in [3.63, 3.8) is 0 Å². The quantitative estimate of drug-likeness (QED) is 0.743. The number of pyridine rings is 2. The fourth-order valence-corrected chi connectivity index (χ4v) is 2.34. The normalized spacial score (nSPS) is 9.22. The van der Waals surface area contributed by atoms with Gasteiger partial charge in [0.15, 0.2) is 0 Å². The van der Waals surface area contributed by atoms with Crippen LogP contribution in [0.4, 0.5) is 0 Å². The van der Waals surface area contributed by atoms with E-state index in [0.29, 0.717) is 22.2 Å². The maximum absolute atomic E-state index is 8.75. The Balaban J connectivity index is 0.000000231. The maximum atomic E-state index is 8.75. The average molecular weight is 329 g/mol. The molecule has 23 heavy (non-hydrogen) atoms. The van der Waals surface area contributed by atoms with Gasteiger partial charge in [0.25, 0.3) is 0 Å². The Bertz CT molecular complexity index is 780. The average Bonchev–Trinajstić information content (AvgIpc) is 2.46. The van der Waals surface area contributed by atoms with E-state index in [2.05, 4.69) is 16.0 Å². The predicted molar refractivity (Wildman–Crippen MR) is 88.4 cm³/mol.